The normalized spacial score (nSPS) is 17.9. The van der Waals surface area contributed by atoms with Crippen molar-refractivity contribution in [1.82, 2.24) is 0 Å². The summed E-state index contributed by atoms with van der Waals surface area (Å²) in [6.07, 6.45) is 0.148. The molecule has 80 valence electrons. The zero-order chi connectivity index (χ0) is 10.7. The molecule has 0 atom stereocenters. The molecule has 1 aliphatic rings. The lowest BCUT2D eigenvalue weighted by Gasteiger charge is -2.44. The quantitative estimate of drug-likeness (QED) is 0.550. The minimum Gasteiger partial charge on any atom is -0.622 e. The van der Waals surface area contributed by atoms with Crippen LogP contribution in [0, 0.1) is 5.21 Å². The van der Waals surface area contributed by atoms with Crippen LogP contribution in [-0.4, -0.2) is 23.8 Å². The predicted molar refractivity (Wildman–Crippen MR) is 54.6 cm³/mol. The van der Waals surface area contributed by atoms with Gasteiger partial charge in [-0.15, -0.1) is 0 Å². The van der Waals surface area contributed by atoms with Gasteiger partial charge in [0.15, 0.2) is 0 Å². The maximum absolute atomic E-state index is 11.5. The molecule has 1 aromatic carbocycles. The fourth-order valence-electron chi connectivity index (χ4n) is 1.46. The average molecular weight is 207 g/mol. The molecule has 15 heavy (non-hydrogen) atoms. The van der Waals surface area contributed by atoms with Gasteiger partial charge >= 0.3 is 6.09 Å². The highest BCUT2D eigenvalue weighted by molar-refractivity contribution is 5.60. The first-order valence-corrected chi connectivity index (χ1v) is 5.00. The Balaban J connectivity index is 1.86. The van der Waals surface area contributed by atoms with E-state index in [0.29, 0.717) is 13.1 Å². The second kappa shape index (κ2) is 4.00. The zero-order valence-corrected chi connectivity index (χ0v) is 8.39. The van der Waals surface area contributed by atoms with Crippen LogP contribution in [0.15, 0.2) is 30.3 Å². The molecule has 1 aliphatic heterocycles. The SMILES string of the molecule is O=C(OCc1ccccc1)[N+]1([O-])CCC1. The van der Waals surface area contributed by atoms with Gasteiger partial charge in [0.2, 0.25) is 0 Å². The Morgan fingerprint density at radius 2 is 2.00 bits per heavy atom. The Bertz CT molecular complexity index is 346. The number of hydroxylamine groups is 3. The van der Waals surface area contributed by atoms with E-state index in [1.165, 1.54) is 0 Å². The van der Waals surface area contributed by atoms with Gasteiger partial charge in [-0.1, -0.05) is 30.3 Å². The van der Waals surface area contributed by atoms with E-state index in [-0.39, 0.29) is 6.61 Å². The highest BCUT2D eigenvalue weighted by atomic mass is 16.7. The Morgan fingerprint density at radius 3 is 2.53 bits per heavy atom. The van der Waals surface area contributed by atoms with Crippen molar-refractivity contribution in [3.8, 4) is 0 Å². The largest absolute Gasteiger partial charge is 0.622 e. The third kappa shape index (κ3) is 2.16. The molecule has 1 saturated heterocycles. The molecule has 0 unspecified atom stereocenters. The first-order valence-electron chi connectivity index (χ1n) is 5.00. The summed E-state index contributed by atoms with van der Waals surface area (Å²) in [4.78, 5) is 11.4. The van der Waals surface area contributed by atoms with Crippen LogP contribution in [0.1, 0.15) is 12.0 Å². The first kappa shape index (κ1) is 10.1. The summed E-state index contributed by atoms with van der Waals surface area (Å²) in [6, 6.07) is 9.35. The number of ether oxygens (including phenoxy) is 1. The molecule has 0 N–H and O–H groups in total. The van der Waals surface area contributed by atoms with Gasteiger partial charge in [0.1, 0.15) is 6.61 Å². The molecule has 4 nitrogen and oxygen atoms in total. The van der Waals surface area contributed by atoms with Crippen LogP contribution in [0.25, 0.3) is 0 Å². The van der Waals surface area contributed by atoms with Crippen molar-refractivity contribution >= 4 is 6.09 Å². The predicted octanol–water partition coefficient (Wildman–Crippen LogP) is 2.04. The number of hydrogen-bond donors (Lipinski definition) is 0. The molecule has 0 saturated carbocycles. The van der Waals surface area contributed by atoms with Gasteiger partial charge in [0.25, 0.3) is 0 Å². The minimum absolute atomic E-state index is 0.182. The molecule has 1 heterocycles. The highest BCUT2D eigenvalue weighted by Gasteiger charge is 2.36. The Morgan fingerprint density at radius 1 is 1.33 bits per heavy atom. The van der Waals surface area contributed by atoms with Gasteiger partial charge in [-0.05, 0) is 5.56 Å². The second-order valence-corrected chi connectivity index (χ2v) is 3.73. The molecule has 2 rings (SSSR count). The molecular formula is C11H13NO3. The van der Waals surface area contributed by atoms with Crippen LogP contribution in [0.4, 0.5) is 4.79 Å². The molecule has 0 aliphatic carbocycles. The van der Waals surface area contributed by atoms with E-state index in [4.69, 9.17) is 4.74 Å². The van der Waals surface area contributed by atoms with Crippen LogP contribution < -0.4 is 0 Å². The van der Waals surface area contributed by atoms with Gasteiger partial charge in [0, 0.05) is 6.42 Å². The molecule has 0 aromatic heterocycles. The van der Waals surface area contributed by atoms with Crippen molar-refractivity contribution in [2.45, 2.75) is 13.0 Å². The molecule has 1 amide bonds. The smallest absolute Gasteiger partial charge is 0.516 e. The Hall–Kier alpha value is -1.39. The summed E-state index contributed by atoms with van der Waals surface area (Å²) in [5.41, 5.74) is 0.901. The topological polar surface area (TPSA) is 49.4 Å². The molecule has 0 radical (unpaired) electrons. The van der Waals surface area contributed by atoms with E-state index >= 15 is 0 Å². The summed E-state index contributed by atoms with van der Waals surface area (Å²) in [5.74, 6) is 0. The number of likely N-dealkylation sites (tertiary alicyclic amines) is 1. The van der Waals surface area contributed by atoms with E-state index in [0.717, 1.165) is 12.0 Å². The van der Waals surface area contributed by atoms with Crippen molar-refractivity contribution in [1.29, 1.82) is 0 Å². The van der Waals surface area contributed by atoms with Crippen LogP contribution in [0.3, 0.4) is 0 Å². The van der Waals surface area contributed by atoms with Gasteiger partial charge in [-0.3, -0.25) is 4.65 Å². The Labute approximate surface area is 88.2 Å². The average Bonchev–Trinajstić information content (AvgIpc) is 2.24. The fraction of sp³-hybridized carbons (Fsp3) is 0.364. The van der Waals surface area contributed by atoms with Gasteiger partial charge in [-0.2, -0.15) is 4.79 Å². The maximum Gasteiger partial charge on any atom is 0.516 e. The van der Waals surface area contributed by atoms with E-state index < -0.39 is 10.7 Å². The molecule has 4 heteroatoms. The first-order chi connectivity index (χ1) is 7.21. The van der Waals surface area contributed by atoms with Crippen molar-refractivity contribution in [3.05, 3.63) is 41.1 Å². The summed E-state index contributed by atoms with van der Waals surface area (Å²) in [7, 11) is 0. The second-order valence-electron chi connectivity index (χ2n) is 3.73. The molecule has 1 fully saturated rings. The summed E-state index contributed by atoms with van der Waals surface area (Å²) >= 11 is 0. The third-order valence-corrected chi connectivity index (χ3v) is 2.58. The van der Waals surface area contributed by atoms with E-state index in [9.17, 15) is 10.0 Å². The number of carbonyl (C=O) groups is 1. The Kier molecular flexibility index (Phi) is 2.70. The molecule has 0 bridgehead atoms. The van der Waals surface area contributed by atoms with Crippen molar-refractivity contribution in [2.75, 3.05) is 13.1 Å². The van der Waals surface area contributed by atoms with Crippen molar-refractivity contribution in [3.63, 3.8) is 0 Å². The van der Waals surface area contributed by atoms with Crippen molar-refractivity contribution in [2.24, 2.45) is 0 Å². The number of nitrogens with zero attached hydrogens (tertiary/aromatic N) is 1. The number of quaternary nitrogens is 1. The third-order valence-electron chi connectivity index (χ3n) is 2.58. The lowest BCUT2D eigenvalue weighted by atomic mass is 10.2. The van der Waals surface area contributed by atoms with Crippen LogP contribution >= 0.6 is 0 Å². The lowest BCUT2D eigenvalue weighted by Crippen LogP contribution is -2.57. The van der Waals surface area contributed by atoms with E-state index in [2.05, 4.69) is 0 Å². The van der Waals surface area contributed by atoms with Crippen LogP contribution in [0.2, 0.25) is 0 Å². The standard InChI is InChI=1S/C11H13NO3/c13-11(12(14)7-4-8-12)15-9-10-5-2-1-3-6-10/h1-3,5-6H,4,7-9H2. The minimum atomic E-state index is -0.813. The summed E-state index contributed by atoms with van der Waals surface area (Å²) in [6.45, 7) is 0.892. The van der Waals surface area contributed by atoms with Crippen molar-refractivity contribution < 1.29 is 14.2 Å². The molecular weight excluding hydrogens is 194 g/mol. The molecule has 1 aromatic rings. The van der Waals surface area contributed by atoms with Gasteiger partial charge in [0.05, 0.1) is 13.1 Å². The van der Waals surface area contributed by atoms with Gasteiger partial charge in [-0.25, -0.2) is 0 Å². The summed E-state index contributed by atoms with van der Waals surface area (Å²) < 4.78 is 4.14. The molecule has 0 spiro atoms. The van der Waals surface area contributed by atoms with Crippen LogP contribution in [-0.2, 0) is 11.3 Å². The van der Waals surface area contributed by atoms with E-state index in [1.807, 2.05) is 30.3 Å². The van der Waals surface area contributed by atoms with E-state index in [1.54, 1.807) is 0 Å². The maximum atomic E-state index is 11.5. The van der Waals surface area contributed by atoms with Crippen LogP contribution in [0.5, 0.6) is 0 Å². The summed E-state index contributed by atoms with van der Waals surface area (Å²) in [5, 5.41) is 11.5. The highest BCUT2D eigenvalue weighted by Crippen LogP contribution is 2.20. The number of hydrogen-bond acceptors (Lipinski definition) is 3. The zero-order valence-electron chi connectivity index (χ0n) is 8.39. The number of amides is 1. The monoisotopic (exact) mass is 207 g/mol. The van der Waals surface area contributed by atoms with Gasteiger partial charge < -0.3 is 9.94 Å². The number of carbonyl (C=O) groups excluding carboxylic acids is 1. The number of benzene rings is 1. The number of rotatable bonds is 2. The lowest BCUT2D eigenvalue weighted by molar-refractivity contribution is -0.848. The fourth-order valence-corrected chi connectivity index (χ4v) is 1.46.